The van der Waals surface area contributed by atoms with E-state index in [-0.39, 0.29) is 5.91 Å². The highest BCUT2D eigenvalue weighted by molar-refractivity contribution is 7.22. The summed E-state index contributed by atoms with van der Waals surface area (Å²) in [4.78, 5) is 22.6. The summed E-state index contributed by atoms with van der Waals surface area (Å²) >= 11 is 1.52. The first-order valence-corrected chi connectivity index (χ1v) is 11.5. The average Bonchev–Trinajstić information content (AvgIpc) is 3.44. The molecule has 0 spiro atoms. The van der Waals surface area contributed by atoms with Crippen LogP contribution in [-0.4, -0.2) is 40.8 Å². The smallest absolute Gasteiger partial charge is 0.269 e. The summed E-state index contributed by atoms with van der Waals surface area (Å²) in [5.74, 6) is 0.909. The monoisotopic (exact) mass is 461 g/mol. The van der Waals surface area contributed by atoms with Crippen LogP contribution in [-0.2, 0) is 0 Å². The number of aromatic nitrogens is 2. The van der Waals surface area contributed by atoms with Gasteiger partial charge in [0.1, 0.15) is 23.4 Å². The van der Waals surface area contributed by atoms with E-state index < -0.39 is 6.23 Å². The maximum atomic E-state index is 11.8. The van der Waals surface area contributed by atoms with Crippen molar-refractivity contribution in [3.05, 3.63) is 66.5 Å². The number of aliphatic hydroxyl groups excluding tert-OH is 1. The van der Waals surface area contributed by atoms with Gasteiger partial charge in [0, 0.05) is 31.9 Å². The molecule has 1 atom stereocenters. The molecule has 3 heterocycles. The summed E-state index contributed by atoms with van der Waals surface area (Å²) in [5.41, 5.74) is 3.03. The van der Waals surface area contributed by atoms with Crippen LogP contribution in [0.3, 0.4) is 0 Å². The third kappa shape index (κ3) is 4.46. The van der Waals surface area contributed by atoms with Gasteiger partial charge in [-0.25, -0.2) is 4.98 Å². The number of benzene rings is 2. The Morgan fingerprint density at radius 1 is 1.18 bits per heavy atom. The lowest BCUT2D eigenvalue weighted by Crippen LogP contribution is -2.29. The molecular formula is C24H23N5O3S. The minimum Gasteiger partial charge on any atom is -0.457 e. The molecule has 1 saturated heterocycles. The maximum absolute atomic E-state index is 11.8. The van der Waals surface area contributed by atoms with Crippen molar-refractivity contribution in [1.29, 1.82) is 0 Å². The van der Waals surface area contributed by atoms with Crippen molar-refractivity contribution in [2.24, 2.45) is 0 Å². The molecule has 9 heteroatoms. The minimum atomic E-state index is -0.458. The quantitative estimate of drug-likeness (QED) is 0.389. The molecule has 1 aliphatic heterocycles. The average molecular weight is 462 g/mol. The number of nitrogens with zero attached hydrogens (tertiary/aromatic N) is 3. The van der Waals surface area contributed by atoms with Crippen molar-refractivity contribution >= 4 is 44.0 Å². The molecule has 1 amide bonds. The van der Waals surface area contributed by atoms with E-state index in [1.165, 1.54) is 11.3 Å². The highest BCUT2D eigenvalue weighted by Gasteiger charge is 2.24. The van der Waals surface area contributed by atoms with Gasteiger partial charge in [-0.15, -0.1) is 0 Å². The van der Waals surface area contributed by atoms with Crippen molar-refractivity contribution in [1.82, 2.24) is 15.3 Å². The second-order valence-corrected chi connectivity index (χ2v) is 8.70. The molecule has 2 aromatic heterocycles. The number of carbonyl (C=O) groups excluding carboxylic acids is 1. The third-order valence-electron chi connectivity index (χ3n) is 5.46. The van der Waals surface area contributed by atoms with Crippen LogP contribution in [0.25, 0.3) is 10.2 Å². The second kappa shape index (κ2) is 9.05. The van der Waals surface area contributed by atoms with Gasteiger partial charge in [0.2, 0.25) is 0 Å². The Bertz CT molecular complexity index is 1310. The van der Waals surface area contributed by atoms with Gasteiger partial charge in [0.15, 0.2) is 5.13 Å². The molecule has 4 aromatic rings. The molecule has 0 aliphatic carbocycles. The van der Waals surface area contributed by atoms with Crippen LogP contribution in [0.1, 0.15) is 23.3 Å². The molecule has 0 radical (unpaired) electrons. The first kappa shape index (κ1) is 21.2. The van der Waals surface area contributed by atoms with E-state index in [1.54, 1.807) is 25.4 Å². The van der Waals surface area contributed by atoms with E-state index in [0.29, 0.717) is 17.2 Å². The Hall–Kier alpha value is -3.69. The highest BCUT2D eigenvalue weighted by Crippen LogP contribution is 2.36. The third-order valence-corrected chi connectivity index (χ3v) is 6.40. The zero-order valence-electron chi connectivity index (χ0n) is 18.0. The molecule has 0 bridgehead atoms. The fourth-order valence-electron chi connectivity index (χ4n) is 3.86. The van der Waals surface area contributed by atoms with E-state index in [4.69, 9.17) is 9.72 Å². The lowest BCUT2D eigenvalue weighted by atomic mass is 10.2. The Balaban J connectivity index is 1.37. The van der Waals surface area contributed by atoms with Crippen LogP contribution in [0.5, 0.6) is 11.5 Å². The van der Waals surface area contributed by atoms with E-state index in [2.05, 4.69) is 15.6 Å². The number of ether oxygens (including phenoxy) is 1. The van der Waals surface area contributed by atoms with Gasteiger partial charge in [0.25, 0.3) is 5.91 Å². The summed E-state index contributed by atoms with van der Waals surface area (Å²) in [5, 5.41) is 17.0. The van der Waals surface area contributed by atoms with Gasteiger partial charge in [-0.3, -0.25) is 9.78 Å². The van der Waals surface area contributed by atoms with Gasteiger partial charge in [-0.1, -0.05) is 23.5 Å². The van der Waals surface area contributed by atoms with Gasteiger partial charge in [-0.05, 0) is 43.2 Å². The SMILES string of the molecule is CNC(=O)c1cc(Oc2ccc3nc(Nc4ccccc4N4CCCC4O)sc3c2)ccn1. The number of hydrogen-bond acceptors (Lipinski definition) is 8. The molecule has 33 heavy (non-hydrogen) atoms. The number of aliphatic hydroxyl groups is 1. The maximum Gasteiger partial charge on any atom is 0.269 e. The molecule has 5 rings (SSSR count). The number of pyridine rings is 1. The van der Waals surface area contributed by atoms with Crippen molar-refractivity contribution in [3.63, 3.8) is 0 Å². The van der Waals surface area contributed by atoms with E-state index >= 15 is 0 Å². The standard InChI is InChI=1S/C24H23N5O3S/c1-25-23(31)19-13-16(10-11-26-19)32-15-8-9-18-21(14-15)33-24(28-18)27-17-5-2-3-6-20(17)29-12-4-7-22(29)30/h2-3,5-6,8-11,13-14,22,30H,4,7,12H2,1H3,(H,25,31)(H,27,28). The Morgan fingerprint density at radius 2 is 2.03 bits per heavy atom. The highest BCUT2D eigenvalue weighted by atomic mass is 32.1. The largest absolute Gasteiger partial charge is 0.457 e. The zero-order chi connectivity index (χ0) is 22.8. The Morgan fingerprint density at radius 3 is 2.85 bits per heavy atom. The van der Waals surface area contributed by atoms with E-state index in [9.17, 15) is 9.90 Å². The molecule has 2 aromatic carbocycles. The molecule has 3 N–H and O–H groups in total. The van der Waals surface area contributed by atoms with Crippen molar-refractivity contribution in [2.45, 2.75) is 19.1 Å². The summed E-state index contributed by atoms with van der Waals surface area (Å²) in [6.07, 6.45) is 2.84. The second-order valence-electron chi connectivity index (χ2n) is 7.66. The molecule has 1 unspecified atom stereocenters. The normalized spacial score (nSPS) is 15.6. The lowest BCUT2D eigenvalue weighted by molar-refractivity contribution is 0.0958. The van der Waals surface area contributed by atoms with Gasteiger partial charge in [0.05, 0.1) is 21.6 Å². The first-order chi connectivity index (χ1) is 16.1. The van der Waals surface area contributed by atoms with Crippen molar-refractivity contribution in [3.8, 4) is 11.5 Å². The van der Waals surface area contributed by atoms with Crippen molar-refractivity contribution in [2.75, 3.05) is 23.8 Å². The fraction of sp³-hybridized carbons (Fsp3) is 0.208. The number of fused-ring (bicyclic) bond motifs is 1. The van der Waals surface area contributed by atoms with Crippen LogP contribution in [0.4, 0.5) is 16.5 Å². The molecule has 1 aliphatic rings. The number of rotatable bonds is 6. The number of thiazole rings is 1. The Kier molecular flexibility index (Phi) is 5.80. The zero-order valence-corrected chi connectivity index (χ0v) is 18.8. The van der Waals surface area contributed by atoms with Crippen LogP contribution < -0.4 is 20.3 Å². The molecule has 1 fully saturated rings. The summed E-state index contributed by atoms with van der Waals surface area (Å²) < 4.78 is 6.92. The topological polar surface area (TPSA) is 99.6 Å². The molecular weight excluding hydrogens is 438 g/mol. The fourth-order valence-corrected chi connectivity index (χ4v) is 4.77. The Labute approximate surface area is 194 Å². The van der Waals surface area contributed by atoms with E-state index in [0.717, 1.165) is 46.1 Å². The number of amides is 1. The summed E-state index contributed by atoms with van der Waals surface area (Å²) in [6.45, 7) is 0.830. The van der Waals surface area contributed by atoms with Gasteiger partial charge in [-0.2, -0.15) is 0 Å². The van der Waals surface area contributed by atoms with Gasteiger partial charge >= 0.3 is 0 Å². The number of hydrogen-bond donors (Lipinski definition) is 3. The molecule has 8 nitrogen and oxygen atoms in total. The number of carbonyl (C=O) groups is 1. The number of para-hydroxylation sites is 2. The van der Waals surface area contributed by atoms with Crippen LogP contribution >= 0.6 is 11.3 Å². The predicted octanol–water partition coefficient (Wildman–Crippen LogP) is 4.51. The lowest BCUT2D eigenvalue weighted by Gasteiger charge is -2.25. The summed E-state index contributed by atoms with van der Waals surface area (Å²) in [6, 6.07) is 16.9. The minimum absolute atomic E-state index is 0.268. The molecule has 168 valence electrons. The van der Waals surface area contributed by atoms with Crippen LogP contribution in [0, 0.1) is 0 Å². The van der Waals surface area contributed by atoms with Crippen molar-refractivity contribution < 1.29 is 14.6 Å². The molecule has 0 saturated carbocycles. The van der Waals surface area contributed by atoms with E-state index in [1.807, 2.05) is 47.4 Å². The van der Waals surface area contributed by atoms with Gasteiger partial charge < -0.3 is 25.4 Å². The predicted molar refractivity (Wildman–Crippen MR) is 130 cm³/mol. The number of nitrogens with one attached hydrogen (secondary N) is 2. The van der Waals surface area contributed by atoms with Crippen LogP contribution in [0.2, 0.25) is 0 Å². The summed E-state index contributed by atoms with van der Waals surface area (Å²) in [7, 11) is 1.56. The first-order valence-electron chi connectivity index (χ1n) is 10.7. The van der Waals surface area contributed by atoms with Crippen LogP contribution in [0.15, 0.2) is 60.8 Å². The number of anilines is 3.